The second kappa shape index (κ2) is 5.83. The molecule has 0 bridgehead atoms. The highest BCUT2D eigenvalue weighted by Gasteiger charge is 2.21. The molecule has 1 saturated heterocycles. The molecule has 0 saturated carbocycles. The minimum absolute atomic E-state index is 0.0687. The van der Waals surface area contributed by atoms with Crippen LogP contribution in [0.3, 0.4) is 0 Å². The Bertz CT molecular complexity index is 475. The SMILES string of the molecule is O=S(=O)(NCC1CCCCO1)c1ccc(CO)o1. The molecule has 2 heterocycles. The number of furan rings is 1. The van der Waals surface area contributed by atoms with Crippen molar-refractivity contribution in [2.45, 2.75) is 37.1 Å². The van der Waals surface area contributed by atoms with Gasteiger partial charge in [-0.05, 0) is 31.4 Å². The van der Waals surface area contributed by atoms with Crippen LogP contribution in [0.5, 0.6) is 0 Å². The third-order valence-electron chi connectivity index (χ3n) is 2.83. The van der Waals surface area contributed by atoms with Crippen LogP contribution >= 0.6 is 0 Å². The Balaban J connectivity index is 1.94. The third kappa shape index (κ3) is 3.32. The highest BCUT2D eigenvalue weighted by atomic mass is 32.2. The van der Waals surface area contributed by atoms with Crippen molar-refractivity contribution in [3.8, 4) is 0 Å². The van der Waals surface area contributed by atoms with Gasteiger partial charge in [0.15, 0.2) is 0 Å². The van der Waals surface area contributed by atoms with Gasteiger partial charge in [0.05, 0.1) is 6.10 Å². The number of aliphatic hydroxyl groups excluding tert-OH is 1. The van der Waals surface area contributed by atoms with Gasteiger partial charge in [-0.1, -0.05) is 0 Å². The molecule has 0 radical (unpaired) electrons. The Kier molecular flexibility index (Phi) is 4.39. The van der Waals surface area contributed by atoms with E-state index in [1.54, 1.807) is 0 Å². The fourth-order valence-electron chi connectivity index (χ4n) is 1.83. The van der Waals surface area contributed by atoms with Crippen LogP contribution < -0.4 is 4.72 Å². The van der Waals surface area contributed by atoms with Gasteiger partial charge < -0.3 is 14.3 Å². The second-order valence-electron chi connectivity index (χ2n) is 4.22. The summed E-state index contributed by atoms with van der Waals surface area (Å²) in [6.45, 7) is 0.612. The monoisotopic (exact) mass is 275 g/mol. The van der Waals surface area contributed by atoms with Crippen LogP contribution in [0.2, 0.25) is 0 Å². The second-order valence-corrected chi connectivity index (χ2v) is 5.92. The first-order valence-corrected chi connectivity index (χ1v) is 7.41. The summed E-state index contributed by atoms with van der Waals surface area (Å²) in [5.41, 5.74) is 0. The molecule has 1 fully saturated rings. The van der Waals surface area contributed by atoms with E-state index in [0.717, 1.165) is 19.3 Å². The summed E-state index contributed by atoms with van der Waals surface area (Å²) in [5.74, 6) is 0.226. The highest BCUT2D eigenvalue weighted by molar-refractivity contribution is 7.89. The number of aliphatic hydroxyl groups is 1. The van der Waals surface area contributed by atoms with Gasteiger partial charge in [-0.2, -0.15) is 0 Å². The van der Waals surface area contributed by atoms with Gasteiger partial charge in [-0.15, -0.1) is 0 Å². The molecule has 1 atom stereocenters. The van der Waals surface area contributed by atoms with Gasteiger partial charge >= 0.3 is 0 Å². The van der Waals surface area contributed by atoms with Crippen LogP contribution in [0, 0.1) is 0 Å². The van der Waals surface area contributed by atoms with Crippen LogP contribution in [0.4, 0.5) is 0 Å². The van der Waals surface area contributed by atoms with Crippen molar-refractivity contribution in [3.63, 3.8) is 0 Å². The lowest BCUT2D eigenvalue weighted by molar-refractivity contribution is 0.0199. The van der Waals surface area contributed by atoms with Crippen molar-refractivity contribution >= 4 is 10.0 Å². The molecule has 2 N–H and O–H groups in total. The molecule has 1 aromatic rings. The molecule has 1 unspecified atom stereocenters. The first kappa shape index (κ1) is 13.5. The minimum atomic E-state index is -3.66. The zero-order chi connectivity index (χ0) is 13.0. The summed E-state index contributed by atoms with van der Waals surface area (Å²) in [4.78, 5) is 0. The zero-order valence-electron chi connectivity index (χ0n) is 9.96. The summed E-state index contributed by atoms with van der Waals surface area (Å²) in [6, 6.07) is 2.77. The average molecular weight is 275 g/mol. The number of nitrogens with one attached hydrogen (secondary N) is 1. The summed E-state index contributed by atoms with van der Waals surface area (Å²) in [6.07, 6.45) is 2.88. The Labute approximate surface area is 106 Å². The van der Waals surface area contributed by atoms with E-state index >= 15 is 0 Å². The molecule has 1 aromatic heterocycles. The topological polar surface area (TPSA) is 88.8 Å². The van der Waals surface area contributed by atoms with Crippen LogP contribution in [0.15, 0.2) is 21.6 Å². The van der Waals surface area contributed by atoms with Gasteiger partial charge in [0, 0.05) is 13.2 Å². The van der Waals surface area contributed by atoms with Crippen LogP contribution in [0.1, 0.15) is 25.0 Å². The lowest BCUT2D eigenvalue weighted by Gasteiger charge is -2.22. The third-order valence-corrected chi connectivity index (χ3v) is 4.13. The van der Waals surface area contributed by atoms with Gasteiger partial charge in [-0.25, -0.2) is 13.1 Å². The minimum Gasteiger partial charge on any atom is -0.446 e. The number of sulfonamides is 1. The normalized spacial score (nSPS) is 21.1. The summed E-state index contributed by atoms with van der Waals surface area (Å²) < 4.78 is 36.6. The van der Waals surface area contributed by atoms with E-state index in [9.17, 15) is 8.42 Å². The highest BCUT2D eigenvalue weighted by Crippen LogP contribution is 2.15. The fourth-order valence-corrected chi connectivity index (χ4v) is 2.84. The van der Waals surface area contributed by atoms with E-state index in [1.807, 2.05) is 0 Å². The molecule has 1 aliphatic rings. The number of rotatable bonds is 5. The number of hydrogen-bond donors (Lipinski definition) is 2. The van der Waals surface area contributed by atoms with E-state index < -0.39 is 10.0 Å². The molecule has 2 rings (SSSR count). The van der Waals surface area contributed by atoms with Crippen LogP contribution in [-0.4, -0.2) is 32.8 Å². The summed E-state index contributed by atoms with van der Waals surface area (Å²) in [7, 11) is -3.66. The Morgan fingerprint density at radius 2 is 2.22 bits per heavy atom. The Morgan fingerprint density at radius 1 is 1.39 bits per heavy atom. The predicted molar refractivity (Wildman–Crippen MR) is 63.4 cm³/mol. The van der Waals surface area contributed by atoms with Gasteiger partial charge in [0.1, 0.15) is 12.4 Å². The molecule has 0 aliphatic carbocycles. The fraction of sp³-hybridized carbons (Fsp3) is 0.636. The first-order valence-electron chi connectivity index (χ1n) is 5.92. The largest absolute Gasteiger partial charge is 0.446 e. The van der Waals surface area contributed by atoms with E-state index in [1.165, 1.54) is 12.1 Å². The van der Waals surface area contributed by atoms with E-state index in [-0.39, 0.29) is 30.1 Å². The van der Waals surface area contributed by atoms with Gasteiger partial charge in [-0.3, -0.25) is 0 Å². The van der Waals surface area contributed by atoms with Crippen molar-refractivity contribution in [2.75, 3.05) is 13.2 Å². The van der Waals surface area contributed by atoms with E-state index in [0.29, 0.717) is 6.61 Å². The zero-order valence-corrected chi connectivity index (χ0v) is 10.8. The summed E-state index contributed by atoms with van der Waals surface area (Å²) in [5, 5.41) is 8.64. The van der Waals surface area contributed by atoms with E-state index in [2.05, 4.69) is 4.72 Å². The smallest absolute Gasteiger partial charge is 0.274 e. The van der Waals surface area contributed by atoms with Crippen LogP contribution in [-0.2, 0) is 21.4 Å². The maximum atomic E-state index is 11.9. The number of hydrogen-bond acceptors (Lipinski definition) is 5. The molecule has 102 valence electrons. The molecule has 1 aliphatic heterocycles. The molecule has 18 heavy (non-hydrogen) atoms. The number of ether oxygens (including phenoxy) is 1. The molecular weight excluding hydrogens is 258 g/mol. The Hall–Kier alpha value is -0.890. The average Bonchev–Trinajstić information content (AvgIpc) is 2.87. The van der Waals surface area contributed by atoms with Crippen molar-refractivity contribution in [1.82, 2.24) is 4.72 Å². The quantitative estimate of drug-likeness (QED) is 0.822. The van der Waals surface area contributed by atoms with Crippen molar-refractivity contribution in [1.29, 1.82) is 0 Å². The van der Waals surface area contributed by atoms with Crippen molar-refractivity contribution in [2.24, 2.45) is 0 Å². The molecule has 6 nitrogen and oxygen atoms in total. The van der Waals surface area contributed by atoms with Crippen molar-refractivity contribution in [3.05, 3.63) is 17.9 Å². The molecule has 0 amide bonds. The molecule has 7 heteroatoms. The van der Waals surface area contributed by atoms with Gasteiger partial charge in [0.25, 0.3) is 10.0 Å². The predicted octanol–water partition coefficient (Wildman–Crippen LogP) is 0.619. The summed E-state index contributed by atoms with van der Waals surface area (Å²) >= 11 is 0. The standard InChI is InChI=1S/C11H17NO5S/c13-8-10-4-5-11(17-10)18(14,15)12-7-9-3-1-2-6-16-9/h4-5,9,12-13H,1-3,6-8H2. The van der Waals surface area contributed by atoms with Gasteiger partial charge in [0.2, 0.25) is 5.09 Å². The lowest BCUT2D eigenvalue weighted by atomic mass is 10.1. The maximum Gasteiger partial charge on any atom is 0.274 e. The molecular formula is C11H17NO5S. The lowest BCUT2D eigenvalue weighted by Crippen LogP contribution is -2.35. The molecule has 0 aromatic carbocycles. The molecule has 0 spiro atoms. The Morgan fingerprint density at radius 3 is 2.83 bits per heavy atom. The van der Waals surface area contributed by atoms with Crippen molar-refractivity contribution < 1.29 is 22.7 Å². The van der Waals surface area contributed by atoms with E-state index in [4.69, 9.17) is 14.3 Å². The maximum absolute atomic E-state index is 11.9. The first-order chi connectivity index (χ1) is 8.62. The van der Waals surface area contributed by atoms with Crippen LogP contribution in [0.25, 0.3) is 0 Å².